The van der Waals surface area contributed by atoms with Gasteiger partial charge in [0.1, 0.15) is 11.0 Å². The van der Waals surface area contributed by atoms with Gasteiger partial charge in [-0.2, -0.15) is 0 Å². The number of hydrogen-bond donors (Lipinski definition) is 0. The van der Waals surface area contributed by atoms with Crippen molar-refractivity contribution in [3.63, 3.8) is 0 Å². The molecule has 166 valence electrons. The van der Waals surface area contributed by atoms with Crippen LogP contribution in [0.25, 0.3) is 38.3 Å². The van der Waals surface area contributed by atoms with Gasteiger partial charge in [0, 0.05) is 24.1 Å². The van der Waals surface area contributed by atoms with Crippen molar-refractivity contribution in [2.45, 2.75) is 65.3 Å². The third kappa shape index (κ3) is 2.32. The normalized spacial score (nSPS) is 22.1. The Morgan fingerprint density at radius 1 is 0.727 bits per heavy atom. The average molecular weight is 434 g/mol. The van der Waals surface area contributed by atoms with Crippen molar-refractivity contribution >= 4 is 27.2 Å². The highest BCUT2D eigenvalue weighted by Crippen LogP contribution is 2.50. The minimum absolute atomic E-state index is 0.0354. The Hall–Kier alpha value is -3.13. The lowest BCUT2D eigenvalue weighted by Gasteiger charge is -2.43. The van der Waals surface area contributed by atoms with Gasteiger partial charge in [-0.1, -0.05) is 74.5 Å². The molecule has 0 radical (unpaired) electrons. The number of para-hydroxylation sites is 1. The predicted octanol–water partition coefficient (Wildman–Crippen LogP) is 7.62. The van der Waals surface area contributed by atoms with Gasteiger partial charge in [0.15, 0.2) is 5.54 Å². The van der Waals surface area contributed by atoms with Crippen molar-refractivity contribution in [2.75, 3.05) is 0 Å². The Morgan fingerprint density at radius 3 is 2.00 bits per heavy atom. The molecule has 3 aromatic carbocycles. The summed E-state index contributed by atoms with van der Waals surface area (Å²) in [6.07, 6.45) is 4.63. The molecule has 0 aliphatic carbocycles. The summed E-state index contributed by atoms with van der Waals surface area (Å²) >= 11 is 0. The summed E-state index contributed by atoms with van der Waals surface area (Å²) in [5, 5.41) is 4.03. The highest BCUT2D eigenvalue weighted by molar-refractivity contribution is 6.16. The first kappa shape index (κ1) is 20.5. The fraction of sp³-hybridized carbons (Fsp3) is 0.323. The van der Waals surface area contributed by atoms with Gasteiger partial charge in [-0.05, 0) is 54.8 Å². The average Bonchev–Trinajstić information content (AvgIpc) is 3.23. The first-order valence-corrected chi connectivity index (χ1v) is 12.4. The number of pyridine rings is 1. The minimum atomic E-state index is -0.0384. The zero-order valence-electron chi connectivity index (χ0n) is 20.7. The van der Waals surface area contributed by atoms with Gasteiger partial charge in [0.2, 0.25) is 6.20 Å². The number of benzene rings is 3. The van der Waals surface area contributed by atoms with E-state index in [4.69, 9.17) is 0 Å². The third-order valence-corrected chi connectivity index (χ3v) is 9.09. The molecule has 0 bridgehead atoms. The van der Waals surface area contributed by atoms with Gasteiger partial charge in [-0.25, -0.2) is 0 Å². The van der Waals surface area contributed by atoms with Gasteiger partial charge < -0.3 is 0 Å². The van der Waals surface area contributed by atoms with E-state index in [-0.39, 0.29) is 11.0 Å². The molecule has 0 N–H and O–H groups in total. The summed E-state index contributed by atoms with van der Waals surface area (Å²) in [6.45, 7) is 14.2. The molecule has 2 atom stereocenters. The summed E-state index contributed by atoms with van der Waals surface area (Å²) in [7, 11) is 0. The second-order valence-corrected chi connectivity index (χ2v) is 10.4. The van der Waals surface area contributed by atoms with Gasteiger partial charge in [0.05, 0.1) is 11.0 Å². The number of aromatic nitrogens is 2. The maximum atomic E-state index is 2.59. The molecule has 5 aromatic rings. The van der Waals surface area contributed by atoms with E-state index in [1.54, 1.807) is 0 Å². The van der Waals surface area contributed by atoms with Gasteiger partial charge in [0.25, 0.3) is 0 Å². The second kappa shape index (κ2) is 6.70. The fourth-order valence-corrected chi connectivity index (χ4v) is 6.75. The first-order chi connectivity index (χ1) is 15.9. The quantitative estimate of drug-likeness (QED) is 0.204. The van der Waals surface area contributed by atoms with Gasteiger partial charge in [-0.3, -0.25) is 0 Å². The number of hydrogen-bond acceptors (Lipinski definition) is 0. The second-order valence-electron chi connectivity index (χ2n) is 10.4. The summed E-state index contributed by atoms with van der Waals surface area (Å²) < 4.78 is 5.16. The lowest BCUT2D eigenvalue weighted by Crippen LogP contribution is -2.68. The van der Waals surface area contributed by atoms with Crippen molar-refractivity contribution in [2.24, 2.45) is 0 Å². The van der Waals surface area contributed by atoms with Gasteiger partial charge in [-0.15, -0.1) is 9.20 Å². The molecule has 1 aliphatic heterocycles. The maximum absolute atomic E-state index is 2.59. The Bertz CT molecular complexity index is 1570. The van der Waals surface area contributed by atoms with E-state index in [0.29, 0.717) is 0 Å². The molecule has 2 aromatic heterocycles. The van der Waals surface area contributed by atoms with E-state index in [2.05, 4.69) is 118 Å². The zero-order valence-corrected chi connectivity index (χ0v) is 20.7. The largest absolute Gasteiger partial charge is 0.205 e. The van der Waals surface area contributed by atoms with Crippen LogP contribution in [0.1, 0.15) is 57.2 Å². The first-order valence-electron chi connectivity index (χ1n) is 12.4. The van der Waals surface area contributed by atoms with Crippen LogP contribution in [-0.4, -0.2) is 4.52 Å². The van der Waals surface area contributed by atoms with Crippen LogP contribution >= 0.6 is 0 Å². The van der Waals surface area contributed by atoms with Crippen LogP contribution in [0.4, 0.5) is 0 Å². The minimum Gasteiger partial charge on any atom is -0.118 e. The van der Waals surface area contributed by atoms with E-state index in [9.17, 15) is 0 Å². The molecule has 0 saturated carbocycles. The molecule has 0 saturated heterocycles. The Balaban J connectivity index is 1.97. The highest BCUT2D eigenvalue weighted by atomic mass is 15.4. The number of nitrogens with zero attached hydrogens (tertiary/aromatic N) is 2. The summed E-state index contributed by atoms with van der Waals surface area (Å²) in [4.78, 5) is 0. The van der Waals surface area contributed by atoms with Crippen LogP contribution in [0, 0.1) is 13.8 Å². The number of rotatable bonds is 3. The van der Waals surface area contributed by atoms with E-state index < -0.39 is 0 Å². The molecule has 1 aliphatic rings. The van der Waals surface area contributed by atoms with Crippen LogP contribution in [0.3, 0.4) is 0 Å². The molecular weight excluding hydrogens is 400 g/mol. The molecule has 2 heteroatoms. The van der Waals surface area contributed by atoms with Crippen molar-refractivity contribution < 1.29 is 4.68 Å². The van der Waals surface area contributed by atoms with Gasteiger partial charge >= 0.3 is 0 Å². The van der Waals surface area contributed by atoms with Crippen LogP contribution in [-0.2, 0) is 11.0 Å². The molecule has 6 rings (SSSR count). The van der Waals surface area contributed by atoms with Crippen LogP contribution in [0.2, 0.25) is 0 Å². The molecule has 0 amide bonds. The van der Waals surface area contributed by atoms with Crippen molar-refractivity contribution in [3.8, 4) is 11.1 Å². The summed E-state index contributed by atoms with van der Waals surface area (Å²) in [6, 6.07) is 22.6. The SMILES string of the molecule is CCC1(C)c2cccc3c4ccccc4c4c(-c5c(C)cccc5C)c[n+](n4c23)C1(C)CC. The standard InChI is InChI=1S/C31H33N2/c1-7-30(5)26-18-12-17-24-22-15-9-10-16-23(22)28-25(27-20(3)13-11-14-21(27)4)19-32(31(30,6)8-2)33(28)29(24)26/h9-19H,7-8H2,1-6H3/q+1. The molecule has 0 spiro atoms. The summed E-state index contributed by atoms with van der Waals surface area (Å²) in [5.41, 5.74) is 9.57. The predicted molar refractivity (Wildman–Crippen MR) is 139 cm³/mol. The highest BCUT2D eigenvalue weighted by Gasteiger charge is 2.57. The Labute approximate surface area is 196 Å². The fourth-order valence-electron chi connectivity index (χ4n) is 6.75. The number of fused-ring (bicyclic) bond motifs is 3. The van der Waals surface area contributed by atoms with E-state index >= 15 is 0 Å². The van der Waals surface area contributed by atoms with Crippen molar-refractivity contribution in [1.82, 2.24) is 4.52 Å². The van der Waals surface area contributed by atoms with Crippen LogP contribution < -0.4 is 4.68 Å². The molecular formula is C31H33N2+. The van der Waals surface area contributed by atoms with Crippen LogP contribution in [0.15, 0.2) is 66.9 Å². The maximum Gasteiger partial charge on any atom is 0.205 e. The van der Waals surface area contributed by atoms with E-state index in [1.165, 1.54) is 55.0 Å². The topological polar surface area (TPSA) is 8.29 Å². The molecule has 3 heterocycles. The van der Waals surface area contributed by atoms with Crippen molar-refractivity contribution in [3.05, 3.63) is 83.6 Å². The monoisotopic (exact) mass is 433 g/mol. The molecule has 2 nitrogen and oxygen atoms in total. The third-order valence-electron chi connectivity index (χ3n) is 9.09. The molecule has 33 heavy (non-hydrogen) atoms. The Kier molecular flexibility index (Phi) is 4.15. The Morgan fingerprint density at radius 2 is 1.33 bits per heavy atom. The summed E-state index contributed by atoms with van der Waals surface area (Å²) in [5.74, 6) is 0. The molecule has 2 unspecified atom stereocenters. The number of aryl methyl sites for hydroxylation is 2. The van der Waals surface area contributed by atoms with E-state index in [0.717, 1.165) is 12.8 Å². The van der Waals surface area contributed by atoms with Crippen LogP contribution in [0.5, 0.6) is 0 Å². The van der Waals surface area contributed by atoms with E-state index in [1.807, 2.05) is 0 Å². The lowest BCUT2D eigenvalue weighted by molar-refractivity contribution is -0.827. The smallest absolute Gasteiger partial charge is 0.118 e. The lowest BCUT2D eigenvalue weighted by atomic mass is 9.63. The molecule has 0 fully saturated rings. The van der Waals surface area contributed by atoms with Crippen molar-refractivity contribution in [1.29, 1.82) is 0 Å². The zero-order chi connectivity index (χ0) is 23.1.